The van der Waals surface area contributed by atoms with Gasteiger partial charge in [-0.2, -0.15) is 17.5 Å². The molecule has 21 heavy (non-hydrogen) atoms. The fraction of sp³-hybridized carbons (Fsp3) is 0.417. The second kappa shape index (κ2) is 5.06. The summed E-state index contributed by atoms with van der Waals surface area (Å²) in [6, 6.07) is 1.41. The summed E-state index contributed by atoms with van der Waals surface area (Å²) in [4.78, 5) is 10.1. The highest BCUT2D eigenvalue weighted by molar-refractivity contribution is 7.94. The highest BCUT2D eigenvalue weighted by Crippen LogP contribution is 2.42. The Morgan fingerprint density at radius 1 is 1.43 bits per heavy atom. The van der Waals surface area contributed by atoms with E-state index in [0.29, 0.717) is 6.07 Å². The molecule has 0 aromatic heterocycles. The molecule has 2 unspecified atom stereocenters. The largest absolute Gasteiger partial charge is 0.484 e. The summed E-state index contributed by atoms with van der Waals surface area (Å²) in [6.45, 7) is 0.742. The van der Waals surface area contributed by atoms with Gasteiger partial charge in [0.15, 0.2) is 9.73 Å². The quantitative estimate of drug-likeness (QED) is 0.807. The molecule has 0 bridgehead atoms. The van der Waals surface area contributed by atoms with Gasteiger partial charge in [0.05, 0.1) is 11.0 Å². The van der Waals surface area contributed by atoms with E-state index < -0.39 is 38.0 Å². The summed E-state index contributed by atoms with van der Waals surface area (Å²) >= 11 is 0. The van der Waals surface area contributed by atoms with Gasteiger partial charge in [0.2, 0.25) is 0 Å². The third kappa shape index (κ3) is 2.55. The first kappa shape index (κ1) is 15.9. The number of carbonyl (C=O) groups is 1. The van der Waals surface area contributed by atoms with Gasteiger partial charge in [-0.25, -0.2) is 8.60 Å². The van der Waals surface area contributed by atoms with Crippen LogP contribution in [0.1, 0.15) is 30.6 Å². The van der Waals surface area contributed by atoms with Crippen LogP contribution in [0.4, 0.5) is 17.6 Å². The Morgan fingerprint density at radius 3 is 2.57 bits per heavy atom. The summed E-state index contributed by atoms with van der Waals surface area (Å²) in [5.41, 5.74) is -5.80. The van der Waals surface area contributed by atoms with Gasteiger partial charge in [-0.3, -0.25) is 4.79 Å². The predicted molar refractivity (Wildman–Crippen MR) is 65.3 cm³/mol. The topological polar surface area (TPSA) is 66.7 Å². The summed E-state index contributed by atoms with van der Waals surface area (Å²) in [5, 5.41) is 9.76. The van der Waals surface area contributed by atoms with Crippen molar-refractivity contribution in [3.05, 3.63) is 29.1 Å². The fourth-order valence-electron chi connectivity index (χ4n) is 2.31. The molecule has 0 fully saturated rings. The number of rotatable bonds is 1. The number of nitrogens with zero attached hydrogens (tertiary/aromatic N) is 1. The van der Waals surface area contributed by atoms with E-state index in [0.717, 1.165) is 13.0 Å². The van der Waals surface area contributed by atoms with E-state index in [-0.39, 0.29) is 24.0 Å². The maximum Gasteiger partial charge on any atom is 0.484 e. The Balaban J connectivity index is 2.85. The van der Waals surface area contributed by atoms with Crippen LogP contribution >= 0.6 is 0 Å². The van der Waals surface area contributed by atoms with Crippen molar-refractivity contribution in [3.8, 4) is 0 Å². The third-order valence-corrected chi connectivity index (χ3v) is 5.22. The van der Waals surface area contributed by atoms with Gasteiger partial charge in [0.1, 0.15) is 5.82 Å². The SMILES string of the molecule is CC(=O)N=S(=O)(c1ccc(F)c2c1C(O)CC2)C(F)(F)F. The van der Waals surface area contributed by atoms with Crippen LogP contribution in [0.25, 0.3) is 0 Å². The van der Waals surface area contributed by atoms with Gasteiger partial charge < -0.3 is 5.11 Å². The van der Waals surface area contributed by atoms with E-state index in [1.807, 2.05) is 0 Å². The van der Waals surface area contributed by atoms with Crippen LogP contribution in [-0.2, 0) is 20.9 Å². The molecule has 1 aromatic carbocycles. The van der Waals surface area contributed by atoms with Crippen LogP contribution in [0.3, 0.4) is 0 Å². The van der Waals surface area contributed by atoms with Gasteiger partial charge >= 0.3 is 5.51 Å². The van der Waals surface area contributed by atoms with Crippen molar-refractivity contribution < 1.29 is 31.7 Å². The van der Waals surface area contributed by atoms with Crippen LogP contribution in [-0.4, -0.2) is 20.7 Å². The number of fused-ring (bicyclic) bond motifs is 1. The molecule has 1 aliphatic rings. The van der Waals surface area contributed by atoms with Crippen LogP contribution in [0.15, 0.2) is 21.4 Å². The number of carbonyl (C=O) groups excluding carboxylic acids is 1. The lowest BCUT2D eigenvalue weighted by atomic mass is 10.1. The van der Waals surface area contributed by atoms with Gasteiger partial charge in [-0.1, -0.05) is 0 Å². The normalized spacial score (nSPS) is 20.8. The summed E-state index contributed by atoms with van der Waals surface area (Å²) in [5.74, 6) is -2.04. The number of amides is 1. The summed E-state index contributed by atoms with van der Waals surface area (Å²) in [6.07, 6.45) is -1.31. The first-order valence-electron chi connectivity index (χ1n) is 5.91. The second-order valence-corrected chi connectivity index (χ2v) is 6.71. The fourth-order valence-corrected chi connectivity index (χ4v) is 3.93. The maximum absolute atomic E-state index is 13.6. The van der Waals surface area contributed by atoms with Gasteiger partial charge in [0, 0.05) is 12.5 Å². The zero-order chi connectivity index (χ0) is 16.0. The molecule has 0 saturated heterocycles. The zero-order valence-electron chi connectivity index (χ0n) is 10.8. The van der Waals surface area contributed by atoms with E-state index in [4.69, 9.17) is 0 Å². The van der Waals surface area contributed by atoms with E-state index >= 15 is 0 Å². The highest BCUT2D eigenvalue weighted by atomic mass is 32.2. The van der Waals surface area contributed by atoms with E-state index in [2.05, 4.69) is 4.36 Å². The first-order valence-corrected chi connectivity index (χ1v) is 7.43. The Labute approximate surface area is 118 Å². The minimum absolute atomic E-state index is 0.0245. The maximum atomic E-state index is 13.6. The summed E-state index contributed by atoms with van der Waals surface area (Å²) < 4.78 is 68.1. The van der Waals surface area contributed by atoms with Crippen molar-refractivity contribution in [2.45, 2.75) is 36.3 Å². The second-order valence-electron chi connectivity index (χ2n) is 4.57. The van der Waals surface area contributed by atoms with E-state index in [1.54, 1.807) is 0 Å². The molecule has 116 valence electrons. The van der Waals surface area contributed by atoms with Gasteiger partial charge in [0.25, 0.3) is 5.91 Å². The lowest BCUT2D eigenvalue weighted by Gasteiger charge is -2.18. The molecule has 1 aromatic rings. The minimum atomic E-state index is -5.31. The van der Waals surface area contributed by atoms with Crippen molar-refractivity contribution in [1.82, 2.24) is 0 Å². The molecule has 1 N–H and O–H groups in total. The number of aliphatic hydroxyl groups is 1. The Hall–Kier alpha value is -1.48. The van der Waals surface area contributed by atoms with E-state index in [9.17, 15) is 31.7 Å². The average Bonchev–Trinajstić information content (AvgIpc) is 2.71. The van der Waals surface area contributed by atoms with Crippen molar-refractivity contribution in [3.63, 3.8) is 0 Å². The third-order valence-electron chi connectivity index (χ3n) is 3.13. The molecule has 0 spiro atoms. The Kier molecular flexibility index (Phi) is 3.83. The first-order chi connectivity index (χ1) is 9.58. The molecular weight excluding hydrogens is 314 g/mol. The molecule has 0 saturated carbocycles. The number of hydrogen-bond donors (Lipinski definition) is 1. The molecule has 0 radical (unpaired) electrons. The average molecular weight is 325 g/mol. The number of hydrogen-bond acceptors (Lipinski definition) is 3. The molecular formula is C12H11F4NO3S. The molecule has 4 nitrogen and oxygen atoms in total. The number of halogens is 4. The van der Waals surface area contributed by atoms with Crippen molar-refractivity contribution in [2.75, 3.05) is 0 Å². The molecule has 1 amide bonds. The number of alkyl halides is 3. The number of aliphatic hydroxyl groups excluding tert-OH is 1. The molecule has 1 aliphatic carbocycles. The highest BCUT2D eigenvalue weighted by Gasteiger charge is 2.47. The molecule has 2 atom stereocenters. The standard InChI is InChI=1S/C12H11F4NO3S/c1-6(18)17-21(20,12(14,15)16)10-5-3-8(13)7-2-4-9(19)11(7)10/h3,5,9,19H,2,4H2,1H3. The predicted octanol–water partition coefficient (Wildman–Crippen LogP) is 2.70. The van der Waals surface area contributed by atoms with Gasteiger partial charge in [-0.15, -0.1) is 0 Å². The molecule has 2 rings (SSSR count). The lowest BCUT2D eigenvalue weighted by molar-refractivity contribution is -0.115. The Morgan fingerprint density at radius 2 is 2.05 bits per heavy atom. The lowest BCUT2D eigenvalue weighted by Crippen LogP contribution is -2.26. The smallest absolute Gasteiger partial charge is 0.388 e. The van der Waals surface area contributed by atoms with Crippen molar-refractivity contribution in [1.29, 1.82) is 0 Å². The summed E-state index contributed by atoms with van der Waals surface area (Å²) in [7, 11) is -5.11. The van der Waals surface area contributed by atoms with Crippen LogP contribution < -0.4 is 0 Å². The van der Waals surface area contributed by atoms with Crippen LogP contribution in [0.2, 0.25) is 0 Å². The molecule has 0 aliphatic heterocycles. The van der Waals surface area contributed by atoms with Crippen LogP contribution in [0, 0.1) is 5.82 Å². The van der Waals surface area contributed by atoms with Crippen molar-refractivity contribution in [2.24, 2.45) is 4.36 Å². The Bertz CT molecular complexity index is 720. The molecule has 0 heterocycles. The van der Waals surface area contributed by atoms with Crippen LogP contribution in [0.5, 0.6) is 0 Å². The van der Waals surface area contributed by atoms with Gasteiger partial charge in [-0.05, 0) is 30.5 Å². The number of benzene rings is 1. The van der Waals surface area contributed by atoms with E-state index in [1.165, 1.54) is 0 Å². The monoisotopic (exact) mass is 325 g/mol. The molecule has 9 heteroatoms. The zero-order valence-corrected chi connectivity index (χ0v) is 11.6. The van der Waals surface area contributed by atoms with Crippen molar-refractivity contribution >= 4 is 15.6 Å². The minimum Gasteiger partial charge on any atom is -0.388 e.